The van der Waals surface area contributed by atoms with Crippen molar-refractivity contribution in [1.29, 1.82) is 0 Å². The molecular weight excluding hydrogens is 399 g/mol. The van der Waals surface area contributed by atoms with E-state index in [1.807, 2.05) is 41.0 Å². The molecule has 0 unspecified atom stereocenters. The van der Waals surface area contributed by atoms with Gasteiger partial charge in [-0.2, -0.15) is 0 Å². The summed E-state index contributed by atoms with van der Waals surface area (Å²) in [5.41, 5.74) is 2.07. The highest BCUT2D eigenvalue weighted by molar-refractivity contribution is 14.1. The van der Waals surface area contributed by atoms with Crippen molar-refractivity contribution >= 4 is 33.4 Å². The Morgan fingerprint density at radius 1 is 1.09 bits per heavy atom. The van der Waals surface area contributed by atoms with Crippen LogP contribution in [0.1, 0.15) is 31.9 Å². The minimum absolute atomic E-state index is 0.0421. The topological polar surface area (TPSA) is 34.9 Å². The summed E-state index contributed by atoms with van der Waals surface area (Å²) in [4.78, 5) is 17.3. The van der Waals surface area contributed by atoms with Crippen LogP contribution in [-0.2, 0) is 6.42 Å². The molecule has 0 spiro atoms. The van der Waals surface area contributed by atoms with Gasteiger partial charge in [-0.15, -0.1) is 0 Å². The molecule has 4 heteroatoms. The van der Waals surface area contributed by atoms with Crippen molar-refractivity contribution in [2.45, 2.75) is 32.6 Å². The van der Waals surface area contributed by atoms with Crippen molar-refractivity contribution in [1.82, 2.24) is 9.55 Å². The molecule has 0 N–H and O–H groups in total. The Balaban J connectivity index is 2.28. The van der Waals surface area contributed by atoms with Gasteiger partial charge in [0.1, 0.15) is 0 Å². The normalized spacial score (nSPS) is 11.0. The van der Waals surface area contributed by atoms with Crippen molar-refractivity contribution in [3.63, 3.8) is 0 Å². The zero-order valence-electron chi connectivity index (χ0n) is 13.1. The molecule has 23 heavy (non-hydrogen) atoms. The molecular formula is C19H19IN2O. The molecule has 0 aliphatic heterocycles. The van der Waals surface area contributed by atoms with Crippen LogP contribution in [0.25, 0.3) is 16.5 Å². The van der Waals surface area contributed by atoms with Gasteiger partial charge < -0.3 is 0 Å². The highest BCUT2D eigenvalue weighted by Crippen LogP contribution is 2.24. The molecule has 2 heterocycles. The highest BCUT2D eigenvalue weighted by Gasteiger charge is 2.15. The maximum atomic E-state index is 13.1. The van der Waals surface area contributed by atoms with Gasteiger partial charge in [-0.25, -0.2) is 0 Å². The molecule has 1 aromatic carbocycles. The Labute approximate surface area is 149 Å². The Kier molecular flexibility index (Phi) is 5.10. The average molecular weight is 418 g/mol. The van der Waals surface area contributed by atoms with Gasteiger partial charge in [-0.1, -0.05) is 38.0 Å². The number of pyridine rings is 2. The van der Waals surface area contributed by atoms with Crippen molar-refractivity contribution < 1.29 is 0 Å². The molecule has 0 aliphatic carbocycles. The maximum absolute atomic E-state index is 13.1. The molecule has 3 aromatic rings. The lowest BCUT2D eigenvalue weighted by Crippen LogP contribution is -2.24. The van der Waals surface area contributed by atoms with Crippen LogP contribution in [0, 0.1) is 3.57 Å². The first-order valence-electron chi connectivity index (χ1n) is 7.96. The lowest BCUT2D eigenvalue weighted by Gasteiger charge is -2.17. The molecule has 0 atom stereocenters. The zero-order valence-corrected chi connectivity index (χ0v) is 15.3. The Hall–Kier alpha value is -1.69. The van der Waals surface area contributed by atoms with E-state index in [1.54, 1.807) is 12.4 Å². The summed E-state index contributed by atoms with van der Waals surface area (Å²) >= 11 is 2.36. The number of hydrogen-bond acceptors (Lipinski definition) is 2. The Bertz CT molecular complexity index is 872. The summed E-state index contributed by atoms with van der Waals surface area (Å²) in [6.07, 6.45) is 7.82. The summed E-state index contributed by atoms with van der Waals surface area (Å²) < 4.78 is 3.00. The second-order valence-electron chi connectivity index (χ2n) is 5.62. The summed E-state index contributed by atoms with van der Waals surface area (Å²) in [5, 5.41) is 1.68. The molecule has 0 aliphatic rings. The smallest absolute Gasteiger partial charge is 0.263 e. The summed E-state index contributed by atoms with van der Waals surface area (Å²) in [6.45, 7) is 2.19. The largest absolute Gasteiger partial charge is 0.280 e. The van der Waals surface area contributed by atoms with Crippen LogP contribution in [0.5, 0.6) is 0 Å². The molecule has 0 radical (unpaired) electrons. The Morgan fingerprint density at radius 2 is 1.87 bits per heavy atom. The van der Waals surface area contributed by atoms with Gasteiger partial charge >= 0.3 is 0 Å². The number of para-hydroxylation sites is 1. The lowest BCUT2D eigenvalue weighted by molar-refractivity contribution is 0.690. The molecule has 0 saturated carbocycles. The third-order valence-electron chi connectivity index (χ3n) is 4.05. The first-order valence-corrected chi connectivity index (χ1v) is 9.04. The molecule has 0 bridgehead atoms. The predicted molar refractivity (Wildman–Crippen MR) is 103 cm³/mol. The predicted octanol–water partition coefficient (Wildman–Crippen LogP) is 4.72. The summed E-state index contributed by atoms with van der Waals surface area (Å²) in [6, 6.07) is 11.7. The van der Waals surface area contributed by atoms with E-state index in [4.69, 9.17) is 0 Å². The lowest BCUT2D eigenvalue weighted by atomic mass is 10.1. The fourth-order valence-electron chi connectivity index (χ4n) is 2.87. The number of halogens is 1. The van der Waals surface area contributed by atoms with Crippen molar-refractivity contribution in [2.75, 3.05) is 0 Å². The van der Waals surface area contributed by atoms with E-state index in [-0.39, 0.29) is 5.56 Å². The van der Waals surface area contributed by atoms with Gasteiger partial charge in [0.2, 0.25) is 0 Å². The third-order valence-corrected chi connectivity index (χ3v) is 5.25. The first kappa shape index (κ1) is 16.2. The van der Waals surface area contributed by atoms with E-state index in [2.05, 4.69) is 34.5 Å². The number of hydrogen-bond donors (Lipinski definition) is 0. The number of rotatable bonds is 5. The number of benzene rings is 1. The third kappa shape index (κ3) is 3.17. The number of unbranched alkanes of at least 4 members (excludes halogenated alkanes) is 2. The van der Waals surface area contributed by atoms with Crippen molar-refractivity contribution in [2.24, 2.45) is 0 Å². The van der Waals surface area contributed by atoms with E-state index in [1.165, 1.54) is 12.8 Å². The van der Waals surface area contributed by atoms with Crippen molar-refractivity contribution in [3.05, 3.63) is 68.4 Å². The van der Waals surface area contributed by atoms with E-state index in [0.717, 1.165) is 38.6 Å². The molecule has 3 nitrogen and oxygen atoms in total. The molecule has 0 amide bonds. The van der Waals surface area contributed by atoms with Gasteiger partial charge in [-0.3, -0.25) is 14.3 Å². The van der Waals surface area contributed by atoms with Crippen LogP contribution in [0.3, 0.4) is 0 Å². The van der Waals surface area contributed by atoms with Crippen molar-refractivity contribution in [3.8, 4) is 5.69 Å². The van der Waals surface area contributed by atoms with Crippen LogP contribution < -0.4 is 5.56 Å². The molecule has 2 aromatic heterocycles. The van der Waals surface area contributed by atoms with Crippen LogP contribution in [-0.4, -0.2) is 9.55 Å². The molecule has 0 saturated heterocycles. The standard InChI is InChI=1S/C19H19IN2O/c1-2-3-5-10-17-18(20)16-13-21-12-11-15(16)19(23)22(17)14-8-6-4-7-9-14/h4,6-9,11-13H,2-3,5,10H2,1H3. The number of aromatic nitrogens is 2. The van der Waals surface area contributed by atoms with Gasteiger partial charge in [0.25, 0.3) is 5.56 Å². The average Bonchev–Trinajstić information content (AvgIpc) is 2.60. The first-order chi connectivity index (χ1) is 11.2. The van der Waals surface area contributed by atoms with Crippen LogP contribution >= 0.6 is 22.6 Å². The van der Waals surface area contributed by atoms with E-state index in [9.17, 15) is 4.79 Å². The van der Waals surface area contributed by atoms with Crippen LogP contribution in [0.15, 0.2) is 53.6 Å². The van der Waals surface area contributed by atoms with Gasteiger partial charge in [-0.05, 0) is 53.6 Å². The fourth-order valence-corrected chi connectivity index (χ4v) is 3.81. The van der Waals surface area contributed by atoms with E-state index >= 15 is 0 Å². The van der Waals surface area contributed by atoms with Gasteiger partial charge in [0.15, 0.2) is 0 Å². The zero-order chi connectivity index (χ0) is 16.2. The van der Waals surface area contributed by atoms with Crippen LogP contribution in [0.2, 0.25) is 0 Å². The monoisotopic (exact) mass is 418 g/mol. The van der Waals surface area contributed by atoms with E-state index < -0.39 is 0 Å². The van der Waals surface area contributed by atoms with Crippen LogP contribution in [0.4, 0.5) is 0 Å². The fraction of sp³-hybridized carbons (Fsp3) is 0.263. The quantitative estimate of drug-likeness (QED) is 0.444. The highest BCUT2D eigenvalue weighted by atomic mass is 127. The second-order valence-corrected chi connectivity index (χ2v) is 6.69. The molecule has 118 valence electrons. The number of nitrogens with zero attached hydrogens (tertiary/aromatic N) is 2. The SMILES string of the molecule is CCCCCc1c(I)c2cnccc2c(=O)n1-c1ccccc1. The minimum atomic E-state index is 0.0421. The number of fused-ring (bicyclic) bond motifs is 1. The Morgan fingerprint density at radius 3 is 2.61 bits per heavy atom. The summed E-state index contributed by atoms with van der Waals surface area (Å²) in [7, 11) is 0. The summed E-state index contributed by atoms with van der Waals surface area (Å²) in [5.74, 6) is 0. The molecule has 3 rings (SSSR count). The van der Waals surface area contributed by atoms with Gasteiger partial charge in [0, 0.05) is 32.7 Å². The van der Waals surface area contributed by atoms with Gasteiger partial charge in [0.05, 0.1) is 5.39 Å². The molecule has 0 fully saturated rings. The minimum Gasteiger partial charge on any atom is -0.280 e. The maximum Gasteiger partial charge on any atom is 0.263 e. The van der Waals surface area contributed by atoms with E-state index in [0.29, 0.717) is 0 Å². The second kappa shape index (κ2) is 7.25.